The maximum Gasteiger partial charge on any atom is 0.109 e. The molecule has 0 atom stereocenters. The molecule has 0 bridgehead atoms. The van der Waals surface area contributed by atoms with Gasteiger partial charge in [0.1, 0.15) is 5.84 Å². The molecule has 3 aliphatic heterocycles. The lowest BCUT2D eigenvalue weighted by Crippen LogP contribution is -2.36. The number of halogens is 1. The summed E-state index contributed by atoms with van der Waals surface area (Å²) in [6.45, 7) is 4.31. The number of likely N-dealkylation sites (tertiary alicyclic amines) is 1. The van der Waals surface area contributed by atoms with Crippen molar-refractivity contribution >= 4 is 51.5 Å². The number of fused-ring (bicyclic) bond motifs is 1. The van der Waals surface area contributed by atoms with Gasteiger partial charge in [0, 0.05) is 55.5 Å². The van der Waals surface area contributed by atoms with Crippen LogP contribution in [0.25, 0.3) is 0 Å². The monoisotopic (exact) mass is 527 g/mol. The van der Waals surface area contributed by atoms with Crippen molar-refractivity contribution in [3.63, 3.8) is 0 Å². The van der Waals surface area contributed by atoms with Gasteiger partial charge in [-0.2, -0.15) is 0 Å². The highest BCUT2D eigenvalue weighted by Crippen LogP contribution is 2.35. The number of aliphatic imine (C=N–C) groups is 1. The molecule has 0 spiro atoms. The van der Waals surface area contributed by atoms with Crippen molar-refractivity contribution in [1.82, 2.24) is 4.90 Å². The standard InChI is InChI=1S/C25H30IN5/c26-29-22-7-3-2-6-21(22)25(27)18-10-14-30(15-11-18)20-9-8-19-16-24(28-23(19)17-20)31-12-4-1-5-13-31/h2-3,6-9,17-18,27,29H,1,4-5,10-16H2. The topological polar surface area (TPSA) is 54.7 Å². The number of piperidine rings is 2. The maximum absolute atomic E-state index is 8.77. The molecule has 2 aromatic rings. The third kappa shape index (κ3) is 4.31. The van der Waals surface area contributed by atoms with Crippen LogP contribution >= 0.6 is 22.9 Å². The second kappa shape index (κ2) is 9.18. The average molecular weight is 527 g/mol. The van der Waals surface area contributed by atoms with Crippen molar-refractivity contribution < 1.29 is 0 Å². The fourth-order valence-corrected chi connectivity index (χ4v) is 5.60. The lowest BCUT2D eigenvalue weighted by atomic mass is 9.87. The molecule has 2 fully saturated rings. The number of hydrogen-bond acceptors (Lipinski definition) is 5. The van der Waals surface area contributed by atoms with Crippen LogP contribution in [0, 0.1) is 11.3 Å². The van der Waals surface area contributed by atoms with Gasteiger partial charge in [-0.3, -0.25) is 0 Å². The molecular weight excluding hydrogens is 497 g/mol. The number of para-hydroxylation sites is 1. The van der Waals surface area contributed by atoms with E-state index in [4.69, 9.17) is 10.4 Å². The average Bonchev–Trinajstić information content (AvgIpc) is 3.28. The van der Waals surface area contributed by atoms with Gasteiger partial charge in [0.15, 0.2) is 0 Å². The summed E-state index contributed by atoms with van der Waals surface area (Å²) in [6.07, 6.45) is 6.97. The van der Waals surface area contributed by atoms with Gasteiger partial charge in [-0.15, -0.1) is 0 Å². The van der Waals surface area contributed by atoms with Gasteiger partial charge >= 0.3 is 0 Å². The number of anilines is 2. The summed E-state index contributed by atoms with van der Waals surface area (Å²) in [5.74, 6) is 1.59. The zero-order valence-electron chi connectivity index (χ0n) is 17.9. The Kier molecular flexibility index (Phi) is 6.16. The molecule has 0 saturated carbocycles. The Labute approximate surface area is 198 Å². The summed E-state index contributed by atoms with van der Waals surface area (Å²) < 4.78 is 3.20. The van der Waals surface area contributed by atoms with Crippen LogP contribution in [-0.2, 0) is 6.42 Å². The van der Waals surface area contributed by atoms with E-state index in [2.05, 4.69) is 66.5 Å². The van der Waals surface area contributed by atoms with Gasteiger partial charge in [-0.25, -0.2) is 4.99 Å². The van der Waals surface area contributed by atoms with Gasteiger partial charge in [0.2, 0.25) is 0 Å². The van der Waals surface area contributed by atoms with E-state index < -0.39 is 0 Å². The smallest absolute Gasteiger partial charge is 0.109 e. The molecule has 0 amide bonds. The Morgan fingerprint density at radius 2 is 1.74 bits per heavy atom. The van der Waals surface area contributed by atoms with E-state index in [0.29, 0.717) is 5.92 Å². The number of amidine groups is 1. The predicted octanol–water partition coefficient (Wildman–Crippen LogP) is 5.80. The predicted molar refractivity (Wildman–Crippen MR) is 139 cm³/mol. The van der Waals surface area contributed by atoms with E-state index in [1.54, 1.807) is 0 Å². The minimum absolute atomic E-state index is 0.320. The molecule has 2 aromatic carbocycles. The van der Waals surface area contributed by atoms with Crippen molar-refractivity contribution in [1.29, 1.82) is 5.41 Å². The Morgan fingerprint density at radius 1 is 0.968 bits per heavy atom. The summed E-state index contributed by atoms with van der Waals surface area (Å²) in [4.78, 5) is 9.97. The van der Waals surface area contributed by atoms with Crippen molar-refractivity contribution in [3.8, 4) is 0 Å². The minimum Gasteiger partial charge on any atom is -0.371 e. The highest BCUT2D eigenvalue weighted by molar-refractivity contribution is 14.1. The Bertz CT molecular complexity index is 987. The Hall–Kier alpha value is -2.09. The van der Waals surface area contributed by atoms with E-state index in [9.17, 15) is 0 Å². The first-order valence-corrected chi connectivity index (χ1v) is 12.6. The number of hydrogen-bond donors (Lipinski definition) is 2. The van der Waals surface area contributed by atoms with E-state index in [1.165, 1.54) is 36.3 Å². The zero-order chi connectivity index (χ0) is 21.2. The molecule has 162 valence electrons. The molecule has 5 nitrogen and oxygen atoms in total. The van der Waals surface area contributed by atoms with Crippen LogP contribution in [0.4, 0.5) is 17.1 Å². The highest BCUT2D eigenvalue weighted by Gasteiger charge is 2.26. The van der Waals surface area contributed by atoms with Crippen molar-refractivity contribution in [2.75, 3.05) is 34.6 Å². The van der Waals surface area contributed by atoms with E-state index in [0.717, 1.165) is 68.1 Å². The van der Waals surface area contributed by atoms with Gasteiger partial charge < -0.3 is 18.7 Å². The first-order valence-electron chi connectivity index (χ1n) is 11.5. The van der Waals surface area contributed by atoms with Gasteiger partial charge in [0.25, 0.3) is 0 Å². The molecule has 0 aliphatic carbocycles. The van der Waals surface area contributed by atoms with Crippen LogP contribution in [0.5, 0.6) is 0 Å². The molecule has 5 rings (SSSR count). The van der Waals surface area contributed by atoms with Gasteiger partial charge in [-0.1, -0.05) is 24.3 Å². The first-order chi connectivity index (χ1) is 15.2. The van der Waals surface area contributed by atoms with Crippen LogP contribution in [0.3, 0.4) is 0 Å². The molecule has 0 aromatic heterocycles. The molecule has 0 unspecified atom stereocenters. The van der Waals surface area contributed by atoms with Gasteiger partial charge in [-0.05, 0) is 55.9 Å². The zero-order valence-corrected chi connectivity index (χ0v) is 20.1. The molecular formula is C25H30IN5. The van der Waals surface area contributed by atoms with Gasteiger partial charge in [0.05, 0.1) is 34.2 Å². The number of benzene rings is 2. The summed E-state index contributed by atoms with van der Waals surface area (Å²) >= 11 is 2.16. The van der Waals surface area contributed by atoms with Crippen molar-refractivity contribution in [3.05, 3.63) is 53.6 Å². The summed E-state index contributed by atoms with van der Waals surface area (Å²) in [7, 11) is 0. The number of rotatable bonds is 4. The first kappa shape index (κ1) is 20.8. The quantitative estimate of drug-likeness (QED) is 0.300. The fourth-order valence-electron chi connectivity index (χ4n) is 5.13. The second-order valence-corrected chi connectivity index (χ2v) is 9.42. The lowest BCUT2D eigenvalue weighted by Gasteiger charge is -2.34. The summed E-state index contributed by atoms with van der Waals surface area (Å²) in [6, 6.07) is 15.0. The largest absolute Gasteiger partial charge is 0.371 e. The SMILES string of the molecule is N=C(c1ccccc1NI)C1CCN(c2ccc3c(c2)N=C(N2CCCCC2)C3)CC1. The maximum atomic E-state index is 8.77. The highest BCUT2D eigenvalue weighted by atomic mass is 127. The summed E-state index contributed by atoms with van der Waals surface area (Å²) in [5.41, 5.74) is 6.65. The molecule has 3 heterocycles. The van der Waals surface area contributed by atoms with Crippen molar-refractivity contribution in [2.24, 2.45) is 10.9 Å². The van der Waals surface area contributed by atoms with Crippen LogP contribution in [0.15, 0.2) is 47.5 Å². The van der Waals surface area contributed by atoms with Crippen LogP contribution in [0.1, 0.15) is 43.2 Å². The van der Waals surface area contributed by atoms with E-state index in [1.807, 2.05) is 12.1 Å². The second-order valence-electron chi connectivity index (χ2n) is 8.88. The molecule has 2 saturated heterocycles. The molecule has 6 heteroatoms. The van der Waals surface area contributed by atoms with E-state index >= 15 is 0 Å². The minimum atomic E-state index is 0.320. The molecule has 0 radical (unpaired) electrons. The van der Waals surface area contributed by atoms with Crippen LogP contribution in [0.2, 0.25) is 0 Å². The lowest BCUT2D eigenvalue weighted by molar-refractivity contribution is 0.339. The van der Waals surface area contributed by atoms with Crippen LogP contribution < -0.4 is 8.43 Å². The fraction of sp³-hybridized carbons (Fsp3) is 0.440. The summed E-state index contributed by atoms with van der Waals surface area (Å²) in [5, 5.41) is 8.77. The van der Waals surface area contributed by atoms with E-state index in [-0.39, 0.29) is 0 Å². The third-order valence-electron chi connectivity index (χ3n) is 6.98. The number of nitrogens with one attached hydrogen (secondary N) is 2. The number of nitrogens with zero attached hydrogens (tertiary/aromatic N) is 3. The normalized spacial score (nSPS) is 19.2. The van der Waals surface area contributed by atoms with Crippen molar-refractivity contribution in [2.45, 2.75) is 38.5 Å². The molecule has 31 heavy (non-hydrogen) atoms. The molecule has 2 N–H and O–H groups in total. The Morgan fingerprint density at radius 3 is 2.52 bits per heavy atom. The van der Waals surface area contributed by atoms with Crippen LogP contribution in [-0.4, -0.2) is 42.6 Å². The Balaban J connectivity index is 1.24. The third-order valence-corrected chi connectivity index (χ3v) is 7.56. The molecule has 3 aliphatic rings.